The molecule has 0 aromatic heterocycles. The maximum atomic E-state index is 13.7. The van der Waals surface area contributed by atoms with Crippen LogP contribution in [0.4, 0.5) is 0 Å². The molecule has 3 rings (SSSR count). The van der Waals surface area contributed by atoms with Gasteiger partial charge in [0.2, 0.25) is 11.8 Å². The molecule has 4 nitrogen and oxygen atoms in total. The minimum atomic E-state index is -0.657. The average Bonchev–Trinajstić information content (AvgIpc) is 2.83. The van der Waals surface area contributed by atoms with Crippen LogP contribution >= 0.6 is 11.6 Å². The summed E-state index contributed by atoms with van der Waals surface area (Å²) in [5.41, 5.74) is 3.87. The highest BCUT2D eigenvalue weighted by molar-refractivity contribution is 6.31. The van der Waals surface area contributed by atoms with Gasteiger partial charge in [-0.25, -0.2) is 0 Å². The molecule has 0 saturated carbocycles. The molecule has 0 radical (unpaired) electrons. The second-order valence-corrected chi connectivity index (χ2v) is 9.53. The fraction of sp³-hybridized carbons (Fsp3) is 0.310. The molecule has 0 aliphatic heterocycles. The number of nitrogens with one attached hydrogen (secondary N) is 1. The van der Waals surface area contributed by atoms with E-state index in [1.165, 1.54) is 0 Å². The van der Waals surface area contributed by atoms with Gasteiger partial charge in [0.15, 0.2) is 0 Å². The average molecular weight is 477 g/mol. The van der Waals surface area contributed by atoms with Crippen molar-refractivity contribution >= 4 is 23.4 Å². The van der Waals surface area contributed by atoms with Crippen LogP contribution in [-0.4, -0.2) is 29.3 Å². The number of aryl methyl sites for hydroxylation is 1. The van der Waals surface area contributed by atoms with E-state index in [0.717, 1.165) is 22.3 Å². The summed E-state index contributed by atoms with van der Waals surface area (Å²) in [7, 11) is 0. The lowest BCUT2D eigenvalue weighted by Crippen LogP contribution is -2.51. The molecule has 0 aliphatic carbocycles. The van der Waals surface area contributed by atoms with Crippen LogP contribution in [-0.2, 0) is 29.0 Å². The number of rotatable bonds is 10. The van der Waals surface area contributed by atoms with Crippen molar-refractivity contribution in [2.24, 2.45) is 5.92 Å². The Balaban J connectivity index is 1.96. The Morgan fingerprint density at radius 3 is 2.18 bits per heavy atom. The Hall–Kier alpha value is -3.11. The molecule has 3 aromatic rings. The second kappa shape index (κ2) is 12.4. The highest BCUT2D eigenvalue weighted by Crippen LogP contribution is 2.21. The molecule has 1 unspecified atom stereocenters. The van der Waals surface area contributed by atoms with Crippen LogP contribution in [0.25, 0.3) is 0 Å². The van der Waals surface area contributed by atoms with Gasteiger partial charge in [-0.1, -0.05) is 104 Å². The molecule has 0 bridgehead atoms. The highest BCUT2D eigenvalue weighted by atomic mass is 35.5. The number of benzene rings is 3. The predicted octanol–water partition coefficient (Wildman–Crippen LogP) is 5.60. The third kappa shape index (κ3) is 7.46. The first-order valence-electron chi connectivity index (χ1n) is 11.7. The van der Waals surface area contributed by atoms with Gasteiger partial charge in [0.05, 0.1) is 6.42 Å². The number of nitrogens with zero attached hydrogens (tertiary/aromatic N) is 1. The van der Waals surface area contributed by atoms with Crippen molar-refractivity contribution in [1.29, 1.82) is 0 Å². The van der Waals surface area contributed by atoms with Gasteiger partial charge in [-0.15, -0.1) is 0 Å². The smallest absolute Gasteiger partial charge is 0.243 e. The summed E-state index contributed by atoms with van der Waals surface area (Å²) in [6, 6.07) is 24.6. The first kappa shape index (κ1) is 25.5. The van der Waals surface area contributed by atoms with E-state index < -0.39 is 6.04 Å². The summed E-state index contributed by atoms with van der Waals surface area (Å²) in [5, 5.41) is 3.62. The van der Waals surface area contributed by atoms with Gasteiger partial charge in [-0.05, 0) is 35.6 Å². The molecule has 1 N–H and O–H groups in total. The molecular weight excluding hydrogens is 444 g/mol. The molecule has 2 amide bonds. The van der Waals surface area contributed by atoms with Crippen LogP contribution in [0.1, 0.15) is 36.1 Å². The molecule has 0 fully saturated rings. The topological polar surface area (TPSA) is 49.4 Å². The first-order valence-corrected chi connectivity index (χ1v) is 12.1. The zero-order chi connectivity index (χ0) is 24.5. The minimum Gasteiger partial charge on any atom is -0.354 e. The Morgan fingerprint density at radius 2 is 1.53 bits per heavy atom. The summed E-state index contributed by atoms with van der Waals surface area (Å²) < 4.78 is 0. The SMILES string of the molecule is Cc1ccc(CC(=O)N(Cc2ccccc2Cl)C(Cc2ccccc2)C(=O)NCC(C)C)cc1. The number of hydrogen-bond acceptors (Lipinski definition) is 2. The van der Waals surface area contributed by atoms with E-state index in [9.17, 15) is 9.59 Å². The van der Waals surface area contributed by atoms with Crippen LogP contribution in [0.5, 0.6) is 0 Å². The first-order chi connectivity index (χ1) is 16.3. The molecular formula is C29H33ClN2O2. The van der Waals surface area contributed by atoms with Crippen molar-refractivity contribution in [1.82, 2.24) is 10.2 Å². The maximum Gasteiger partial charge on any atom is 0.243 e. The van der Waals surface area contributed by atoms with Gasteiger partial charge in [0.1, 0.15) is 6.04 Å². The third-order valence-corrected chi connectivity index (χ3v) is 6.10. The normalized spacial score (nSPS) is 11.8. The Kier molecular flexibility index (Phi) is 9.29. The lowest BCUT2D eigenvalue weighted by Gasteiger charge is -2.32. The quantitative estimate of drug-likeness (QED) is 0.414. The fourth-order valence-electron chi connectivity index (χ4n) is 3.77. The van der Waals surface area contributed by atoms with Gasteiger partial charge in [-0.2, -0.15) is 0 Å². The third-order valence-electron chi connectivity index (χ3n) is 5.73. The van der Waals surface area contributed by atoms with Crippen molar-refractivity contribution < 1.29 is 9.59 Å². The molecule has 5 heteroatoms. The van der Waals surface area contributed by atoms with E-state index in [-0.39, 0.29) is 24.8 Å². The molecule has 0 saturated heterocycles. The van der Waals surface area contributed by atoms with Crippen molar-refractivity contribution in [2.45, 2.75) is 46.2 Å². The van der Waals surface area contributed by atoms with Crippen LogP contribution < -0.4 is 5.32 Å². The standard InChI is InChI=1S/C29H33ClN2O2/c1-21(2)19-31-29(34)27(17-23-9-5-4-6-10-23)32(20-25-11-7-8-12-26(25)30)28(33)18-24-15-13-22(3)14-16-24/h4-16,21,27H,17-20H2,1-3H3,(H,31,34). The summed E-state index contributed by atoms with van der Waals surface area (Å²) in [6.45, 7) is 6.94. The Morgan fingerprint density at radius 1 is 0.882 bits per heavy atom. The van der Waals surface area contributed by atoms with Crippen molar-refractivity contribution in [3.05, 3.63) is 106 Å². The Bertz CT molecular complexity index is 1080. The summed E-state index contributed by atoms with van der Waals surface area (Å²) in [5.74, 6) is 0.0490. The molecule has 178 valence electrons. The maximum absolute atomic E-state index is 13.7. The molecule has 1 atom stereocenters. The van der Waals surface area contributed by atoms with Crippen LogP contribution in [0.3, 0.4) is 0 Å². The van der Waals surface area contributed by atoms with Gasteiger partial charge in [-0.3, -0.25) is 9.59 Å². The Labute approximate surface area is 207 Å². The van der Waals surface area contributed by atoms with Crippen LogP contribution in [0, 0.1) is 12.8 Å². The molecule has 0 aliphatic rings. The molecule has 0 heterocycles. The van der Waals surface area contributed by atoms with E-state index in [1.807, 2.05) is 85.8 Å². The fourth-order valence-corrected chi connectivity index (χ4v) is 3.96. The lowest BCUT2D eigenvalue weighted by molar-refractivity contribution is -0.140. The largest absolute Gasteiger partial charge is 0.354 e. The van der Waals surface area contributed by atoms with E-state index in [1.54, 1.807) is 4.90 Å². The zero-order valence-electron chi connectivity index (χ0n) is 20.1. The summed E-state index contributed by atoms with van der Waals surface area (Å²) >= 11 is 6.46. The van der Waals surface area contributed by atoms with Crippen LogP contribution in [0.15, 0.2) is 78.9 Å². The minimum absolute atomic E-state index is 0.107. The monoisotopic (exact) mass is 476 g/mol. The van der Waals surface area contributed by atoms with Gasteiger partial charge in [0.25, 0.3) is 0 Å². The van der Waals surface area contributed by atoms with Crippen molar-refractivity contribution in [3.8, 4) is 0 Å². The molecule has 3 aromatic carbocycles. The van der Waals surface area contributed by atoms with Crippen molar-refractivity contribution in [2.75, 3.05) is 6.54 Å². The molecule has 34 heavy (non-hydrogen) atoms. The number of carbonyl (C=O) groups excluding carboxylic acids is 2. The van der Waals surface area contributed by atoms with E-state index in [4.69, 9.17) is 11.6 Å². The van der Waals surface area contributed by atoms with E-state index in [0.29, 0.717) is 23.9 Å². The van der Waals surface area contributed by atoms with E-state index in [2.05, 4.69) is 19.2 Å². The molecule has 0 spiro atoms. The number of carbonyl (C=O) groups is 2. The van der Waals surface area contributed by atoms with Gasteiger partial charge in [0, 0.05) is 24.5 Å². The number of halogens is 1. The number of amides is 2. The predicted molar refractivity (Wildman–Crippen MR) is 139 cm³/mol. The van der Waals surface area contributed by atoms with Gasteiger partial charge < -0.3 is 10.2 Å². The van der Waals surface area contributed by atoms with E-state index >= 15 is 0 Å². The lowest BCUT2D eigenvalue weighted by atomic mass is 10.0. The zero-order valence-corrected chi connectivity index (χ0v) is 20.9. The van der Waals surface area contributed by atoms with Crippen molar-refractivity contribution in [3.63, 3.8) is 0 Å². The summed E-state index contributed by atoms with van der Waals surface area (Å²) in [6.07, 6.45) is 0.641. The number of hydrogen-bond donors (Lipinski definition) is 1. The highest BCUT2D eigenvalue weighted by Gasteiger charge is 2.30. The van der Waals surface area contributed by atoms with Crippen LogP contribution in [0.2, 0.25) is 5.02 Å². The second-order valence-electron chi connectivity index (χ2n) is 9.12. The summed E-state index contributed by atoms with van der Waals surface area (Å²) in [4.78, 5) is 28.8. The van der Waals surface area contributed by atoms with Gasteiger partial charge >= 0.3 is 0 Å².